The van der Waals surface area contributed by atoms with Crippen molar-refractivity contribution in [2.45, 2.75) is 30.8 Å². The van der Waals surface area contributed by atoms with E-state index in [0.717, 1.165) is 24.1 Å². The predicted molar refractivity (Wildman–Crippen MR) is 101 cm³/mol. The minimum atomic E-state index is -0.923. The van der Waals surface area contributed by atoms with Crippen molar-refractivity contribution in [1.82, 2.24) is 4.98 Å². The standard InChI is InChI=1S/C18H21N3O4S/c1-13-9-18(19-11-17(13)21(22)23)20-15-4-2-3-14(10-15)12-26(24)16-5-7-25-8-6-16/h2-4,9-11,16H,5-8,12H2,1H3,(H,19,20). The van der Waals surface area contributed by atoms with Gasteiger partial charge in [0.05, 0.1) is 4.92 Å². The van der Waals surface area contributed by atoms with E-state index in [1.165, 1.54) is 6.20 Å². The van der Waals surface area contributed by atoms with Gasteiger partial charge in [-0.1, -0.05) is 12.1 Å². The monoisotopic (exact) mass is 375 g/mol. The van der Waals surface area contributed by atoms with E-state index in [-0.39, 0.29) is 10.9 Å². The van der Waals surface area contributed by atoms with Gasteiger partial charge in [0.15, 0.2) is 0 Å². The van der Waals surface area contributed by atoms with Gasteiger partial charge in [-0.3, -0.25) is 14.3 Å². The van der Waals surface area contributed by atoms with Crippen molar-refractivity contribution in [3.8, 4) is 0 Å². The number of nitro groups is 1. The summed E-state index contributed by atoms with van der Waals surface area (Å²) in [6.45, 7) is 3.05. The van der Waals surface area contributed by atoms with Gasteiger partial charge in [0.2, 0.25) is 0 Å². The zero-order valence-corrected chi connectivity index (χ0v) is 15.3. The Hall–Kier alpha value is -2.32. The third kappa shape index (κ3) is 4.64. The molecule has 2 heterocycles. The topological polar surface area (TPSA) is 94.4 Å². The van der Waals surface area contributed by atoms with E-state index < -0.39 is 15.7 Å². The first kappa shape index (κ1) is 18.5. The largest absolute Gasteiger partial charge is 0.381 e. The lowest BCUT2D eigenvalue weighted by Gasteiger charge is -2.21. The first-order valence-corrected chi connectivity index (χ1v) is 9.83. The van der Waals surface area contributed by atoms with Gasteiger partial charge in [-0.25, -0.2) is 4.98 Å². The van der Waals surface area contributed by atoms with E-state index in [1.807, 2.05) is 24.3 Å². The van der Waals surface area contributed by atoms with E-state index in [4.69, 9.17) is 4.74 Å². The Balaban J connectivity index is 1.68. The summed E-state index contributed by atoms with van der Waals surface area (Å²) in [6, 6.07) is 9.33. The number of aryl methyl sites for hydroxylation is 1. The molecule has 1 aromatic heterocycles. The molecule has 1 atom stereocenters. The molecule has 1 aliphatic rings. The van der Waals surface area contributed by atoms with E-state index >= 15 is 0 Å². The van der Waals surface area contributed by atoms with Gasteiger partial charge in [-0.15, -0.1) is 0 Å². The van der Waals surface area contributed by atoms with Crippen LogP contribution >= 0.6 is 0 Å². The molecule has 1 fully saturated rings. The highest BCUT2D eigenvalue weighted by Crippen LogP contribution is 2.23. The minimum Gasteiger partial charge on any atom is -0.381 e. The normalized spacial score (nSPS) is 16.2. The van der Waals surface area contributed by atoms with Crippen LogP contribution in [-0.4, -0.2) is 32.6 Å². The van der Waals surface area contributed by atoms with Gasteiger partial charge in [-0.05, 0) is 43.5 Å². The van der Waals surface area contributed by atoms with Crippen molar-refractivity contribution in [3.05, 3.63) is 57.8 Å². The number of hydrogen-bond donors (Lipinski definition) is 1. The van der Waals surface area contributed by atoms with Crippen LogP contribution in [-0.2, 0) is 21.3 Å². The maximum Gasteiger partial charge on any atom is 0.290 e. The Morgan fingerprint density at radius 2 is 2.12 bits per heavy atom. The number of nitrogens with one attached hydrogen (secondary N) is 1. The molecule has 0 radical (unpaired) electrons. The number of aromatic nitrogens is 1. The summed E-state index contributed by atoms with van der Waals surface area (Å²) in [7, 11) is -0.923. The van der Waals surface area contributed by atoms with Gasteiger partial charge in [0, 0.05) is 46.3 Å². The fraction of sp³-hybridized carbons (Fsp3) is 0.389. The number of rotatable bonds is 6. The smallest absolute Gasteiger partial charge is 0.290 e. The van der Waals surface area contributed by atoms with Crippen molar-refractivity contribution >= 4 is 28.0 Å². The summed E-state index contributed by atoms with van der Waals surface area (Å²) >= 11 is 0. The molecule has 3 rings (SSSR count). The molecule has 1 unspecified atom stereocenters. The maximum atomic E-state index is 12.5. The molecule has 0 saturated carbocycles. The summed E-state index contributed by atoms with van der Waals surface area (Å²) in [4.78, 5) is 14.5. The molecule has 0 spiro atoms. The molecule has 8 heteroatoms. The SMILES string of the molecule is Cc1cc(Nc2cccc(CS(=O)C3CCOCC3)c2)ncc1[N+](=O)[O-]. The first-order valence-electron chi connectivity index (χ1n) is 8.45. The number of pyridine rings is 1. The van der Waals surface area contributed by atoms with Gasteiger partial charge >= 0.3 is 0 Å². The maximum absolute atomic E-state index is 12.5. The quantitative estimate of drug-likeness (QED) is 0.614. The highest BCUT2D eigenvalue weighted by atomic mass is 32.2. The molecular weight excluding hydrogens is 354 g/mol. The average molecular weight is 375 g/mol. The lowest BCUT2D eigenvalue weighted by Crippen LogP contribution is -2.25. The summed E-state index contributed by atoms with van der Waals surface area (Å²) in [5, 5.41) is 14.2. The predicted octanol–water partition coefficient (Wildman–Crippen LogP) is 3.47. The summed E-state index contributed by atoms with van der Waals surface area (Å²) in [6.07, 6.45) is 2.94. The van der Waals surface area contributed by atoms with E-state index in [1.54, 1.807) is 13.0 Å². The first-order chi connectivity index (χ1) is 12.5. The Morgan fingerprint density at radius 3 is 2.81 bits per heavy atom. The molecule has 2 aromatic rings. The van der Waals surface area contributed by atoms with Gasteiger partial charge in [-0.2, -0.15) is 0 Å². The molecule has 1 saturated heterocycles. The highest BCUT2D eigenvalue weighted by molar-refractivity contribution is 7.84. The lowest BCUT2D eigenvalue weighted by atomic mass is 10.2. The van der Waals surface area contributed by atoms with Gasteiger partial charge in [0.25, 0.3) is 5.69 Å². The zero-order chi connectivity index (χ0) is 18.5. The Labute approximate surface area is 154 Å². The van der Waals surface area contributed by atoms with Crippen LogP contribution in [0.2, 0.25) is 0 Å². The minimum absolute atomic E-state index is 0.00356. The molecule has 7 nitrogen and oxygen atoms in total. The van der Waals surface area contributed by atoms with Crippen LogP contribution in [0.1, 0.15) is 24.0 Å². The Morgan fingerprint density at radius 1 is 1.35 bits per heavy atom. The molecule has 1 aliphatic heterocycles. The van der Waals surface area contributed by atoms with E-state index in [0.29, 0.717) is 30.3 Å². The second-order valence-electron chi connectivity index (χ2n) is 6.28. The van der Waals surface area contributed by atoms with E-state index in [2.05, 4.69) is 10.3 Å². The van der Waals surface area contributed by atoms with Crippen molar-refractivity contribution in [3.63, 3.8) is 0 Å². The van der Waals surface area contributed by atoms with E-state index in [9.17, 15) is 14.3 Å². The van der Waals surface area contributed by atoms with Crippen LogP contribution in [0.4, 0.5) is 17.2 Å². The molecule has 138 valence electrons. The second-order valence-corrected chi connectivity index (χ2v) is 7.99. The second kappa shape index (κ2) is 8.37. The molecule has 0 aliphatic carbocycles. The van der Waals surface area contributed by atoms with Crippen LogP contribution < -0.4 is 5.32 Å². The molecule has 0 bridgehead atoms. The van der Waals surface area contributed by atoms with Crippen molar-refractivity contribution in [1.29, 1.82) is 0 Å². The van der Waals surface area contributed by atoms with Crippen molar-refractivity contribution < 1.29 is 13.9 Å². The third-order valence-corrected chi connectivity index (χ3v) is 6.16. The van der Waals surface area contributed by atoms with Crippen LogP contribution in [0.25, 0.3) is 0 Å². The number of ether oxygens (including phenoxy) is 1. The summed E-state index contributed by atoms with van der Waals surface area (Å²) in [5.41, 5.74) is 2.34. The molecule has 0 amide bonds. The number of nitrogens with zero attached hydrogens (tertiary/aromatic N) is 2. The highest BCUT2D eigenvalue weighted by Gasteiger charge is 2.20. The zero-order valence-electron chi connectivity index (χ0n) is 14.5. The Bertz CT molecular complexity index is 822. The fourth-order valence-corrected chi connectivity index (χ4v) is 4.38. The lowest BCUT2D eigenvalue weighted by molar-refractivity contribution is -0.385. The molecular formula is C18H21N3O4S. The molecule has 26 heavy (non-hydrogen) atoms. The van der Waals surface area contributed by atoms with Gasteiger partial charge in [0.1, 0.15) is 12.0 Å². The summed E-state index contributed by atoms with van der Waals surface area (Å²) in [5.74, 6) is 1.04. The molecule has 1 N–H and O–H groups in total. The number of hydrogen-bond acceptors (Lipinski definition) is 6. The average Bonchev–Trinajstić information content (AvgIpc) is 2.62. The van der Waals surface area contributed by atoms with Crippen LogP contribution in [0, 0.1) is 17.0 Å². The number of anilines is 2. The van der Waals surface area contributed by atoms with Crippen LogP contribution in [0.3, 0.4) is 0 Å². The fourth-order valence-electron chi connectivity index (χ4n) is 2.92. The third-order valence-electron chi connectivity index (χ3n) is 4.33. The summed E-state index contributed by atoms with van der Waals surface area (Å²) < 4.78 is 17.9. The van der Waals surface area contributed by atoms with Crippen molar-refractivity contribution in [2.24, 2.45) is 0 Å². The van der Waals surface area contributed by atoms with Crippen molar-refractivity contribution in [2.75, 3.05) is 18.5 Å². The van der Waals surface area contributed by atoms with Crippen LogP contribution in [0.15, 0.2) is 36.5 Å². The van der Waals surface area contributed by atoms with Gasteiger partial charge < -0.3 is 10.1 Å². The number of benzene rings is 1. The Kier molecular flexibility index (Phi) is 5.95. The van der Waals surface area contributed by atoms with Crippen LogP contribution in [0.5, 0.6) is 0 Å². The molecule has 1 aromatic carbocycles.